The molecule has 6 nitrogen and oxygen atoms in total. The van der Waals surface area contributed by atoms with Gasteiger partial charge in [0.05, 0.1) is 10.8 Å². The fraction of sp³-hybridized carbons (Fsp3) is 0.720. The third-order valence-electron chi connectivity index (χ3n) is 14.9. The molecule has 0 aromatic heterocycles. The minimum Gasteiger partial charge on any atom is -0.298 e. The Labute approximate surface area is 340 Å². The maximum Gasteiger partial charge on any atom is 0.168 e. The molecular formula is C50H76O6. The first-order chi connectivity index (χ1) is 26.0. The maximum atomic E-state index is 16.5. The third-order valence-corrected chi connectivity index (χ3v) is 14.9. The second-order valence-corrected chi connectivity index (χ2v) is 20.6. The van der Waals surface area contributed by atoms with Crippen molar-refractivity contribution < 1.29 is 29.3 Å². The van der Waals surface area contributed by atoms with Gasteiger partial charge in [0.1, 0.15) is 5.60 Å². The number of hydrogen-bond acceptors (Lipinski definition) is 6. The van der Waals surface area contributed by atoms with Crippen molar-refractivity contribution in [2.24, 2.45) is 57.2 Å². The highest BCUT2D eigenvalue weighted by molar-refractivity contribution is 6.40. The lowest BCUT2D eigenvalue weighted by atomic mass is 9.33. The number of ketones is 4. The summed E-state index contributed by atoms with van der Waals surface area (Å²) < 4.78 is 0. The number of fused-ring (bicyclic) bond motifs is 3. The molecule has 3 fully saturated rings. The summed E-state index contributed by atoms with van der Waals surface area (Å²) in [6, 6.07) is 0. The quantitative estimate of drug-likeness (QED) is 0.0770. The van der Waals surface area contributed by atoms with E-state index in [1.54, 1.807) is 0 Å². The molecule has 0 saturated heterocycles. The molecule has 0 aromatic rings. The molecule has 56 heavy (non-hydrogen) atoms. The summed E-state index contributed by atoms with van der Waals surface area (Å²) >= 11 is 0. The highest BCUT2D eigenvalue weighted by Gasteiger charge is 2.81. The smallest absolute Gasteiger partial charge is 0.168 e. The first-order valence-corrected chi connectivity index (χ1v) is 21.7. The molecule has 0 aliphatic heterocycles. The molecule has 312 valence electrons. The molecule has 9 atom stereocenters. The van der Waals surface area contributed by atoms with Gasteiger partial charge in [-0.3, -0.25) is 24.4 Å². The minimum atomic E-state index is -1.99. The SMILES string of the molecule is CC(C)=CCC[C@]1(C)[C@@H](CC=C(C)C)C[C@]2(CC=C(C)C)C(=O)[C@@](CC=C(C)C)(CC3=C[C@@H]4[C@@H](C(C)C)CC[C@@](C)(OO)[C@H]4CC3)C(=O)[C@@]1(C(=O)C(C)C)C2=O. The van der Waals surface area contributed by atoms with E-state index in [0.717, 1.165) is 47.1 Å². The second-order valence-electron chi connectivity index (χ2n) is 20.6. The van der Waals surface area contributed by atoms with Crippen LogP contribution in [-0.4, -0.2) is 34.0 Å². The van der Waals surface area contributed by atoms with E-state index in [9.17, 15) is 5.26 Å². The maximum absolute atomic E-state index is 16.5. The van der Waals surface area contributed by atoms with Crippen LogP contribution in [0, 0.1) is 57.2 Å². The van der Waals surface area contributed by atoms with Gasteiger partial charge in [-0.05, 0) is 168 Å². The molecule has 6 heteroatoms. The van der Waals surface area contributed by atoms with Crippen LogP contribution in [0.2, 0.25) is 0 Å². The molecule has 2 bridgehead atoms. The lowest BCUT2D eigenvalue weighted by Gasteiger charge is -2.64. The lowest BCUT2D eigenvalue weighted by molar-refractivity contribution is -0.346. The van der Waals surface area contributed by atoms with Crippen LogP contribution >= 0.6 is 0 Å². The van der Waals surface area contributed by atoms with Crippen molar-refractivity contribution >= 4 is 23.1 Å². The molecule has 3 saturated carbocycles. The second kappa shape index (κ2) is 17.3. The van der Waals surface area contributed by atoms with Crippen molar-refractivity contribution in [1.82, 2.24) is 0 Å². The molecule has 4 aliphatic rings. The van der Waals surface area contributed by atoms with Gasteiger partial charge < -0.3 is 0 Å². The summed E-state index contributed by atoms with van der Waals surface area (Å²) in [7, 11) is 0. The summed E-state index contributed by atoms with van der Waals surface area (Å²) in [6.07, 6.45) is 16.3. The van der Waals surface area contributed by atoms with E-state index in [0.29, 0.717) is 43.9 Å². The number of hydrogen-bond donors (Lipinski definition) is 1. The number of carbonyl (C=O) groups excluding carboxylic acids is 4. The van der Waals surface area contributed by atoms with E-state index in [1.807, 2.05) is 67.5 Å². The molecule has 0 radical (unpaired) electrons. The van der Waals surface area contributed by atoms with Crippen LogP contribution in [0.15, 0.2) is 58.2 Å². The summed E-state index contributed by atoms with van der Waals surface area (Å²) in [5, 5.41) is 10.2. The molecule has 4 aliphatic carbocycles. The van der Waals surface area contributed by atoms with E-state index in [4.69, 9.17) is 4.89 Å². The average Bonchev–Trinajstić information content (AvgIpc) is 3.11. The topological polar surface area (TPSA) is 97.7 Å². The number of rotatable bonds is 15. The van der Waals surface area contributed by atoms with E-state index in [1.165, 1.54) is 0 Å². The number of allylic oxidation sites excluding steroid dienone is 10. The van der Waals surface area contributed by atoms with Crippen molar-refractivity contribution in [3.05, 3.63) is 58.2 Å². The van der Waals surface area contributed by atoms with Crippen LogP contribution in [0.4, 0.5) is 0 Å². The summed E-state index contributed by atoms with van der Waals surface area (Å²) in [4.78, 5) is 69.3. The van der Waals surface area contributed by atoms with Crippen LogP contribution < -0.4 is 0 Å². The van der Waals surface area contributed by atoms with E-state index in [-0.39, 0.29) is 48.6 Å². The lowest BCUT2D eigenvalue weighted by Crippen LogP contribution is -2.77. The zero-order valence-corrected chi connectivity index (χ0v) is 37.6. The van der Waals surface area contributed by atoms with E-state index < -0.39 is 44.7 Å². The van der Waals surface area contributed by atoms with Crippen LogP contribution in [0.3, 0.4) is 0 Å². The molecule has 0 heterocycles. The Kier molecular flexibility index (Phi) is 14.2. The zero-order valence-electron chi connectivity index (χ0n) is 37.6. The predicted octanol–water partition coefficient (Wildman–Crippen LogP) is 12.4. The van der Waals surface area contributed by atoms with Gasteiger partial charge in [-0.1, -0.05) is 92.9 Å². The predicted molar refractivity (Wildman–Crippen MR) is 228 cm³/mol. The molecule has 0 aromatic carbocycles. The summed E-state index contributed by atoms with van der Waals surface area (Å²) in [5.74, 6) is -1.40. The van der Waals surface area contributed by atoms with Gasteiger partial charge >= 0.3 is 0 Å². The van der Waals surface area contributed by atoms with E-state index in [2.05, 4.69) is 59.8 Å². The Balaban J connectivity index is 2.13. The molecule has 0 spiro atoms. The van der Waals surface area contributed by atoms with E-state index >= 15 is 19.2 Å². The van der Waals surface area contributed by atoms with Crippen molar-refractivity contribution in [1.29, 1.82) is 0 Å². The summed E-state index contributed by atoms with van der Waals surface area (Å²) in [5.41, 5.74) is -1.49. The Morgan fingerprint density at radius 2 is 1.41 bits per heavy atom. The third kappa shape index (κ3) is 7.88. The summed E-state index contributed by atoms with van der Waals surface area (Å²) in [6.45, 7) is 28.3. The van der Waals surface area contributed by atoms with Crippen LogP contribution in [-0.2, 0) is 24.1 Å². The highest BCUT2D eigenvalue weighted by Crippen LogP contribution is 2.70. The minimum absolute atomic E-state index is 0.0944. The Hall–Kier alpha value is -2.70. The Morgan fingerprint density at radius 3 is 1.95 bits per heavy atom. The van der Waals surface area contributed by atoms with Crippen molar-refractivity contribution in [3.63, 3.8) is 0 Å². The van der Waals surface area contributed by atoms with Crippen LogP contribution in [0.1, 0.15) is 168 Å². The zero-order chi connectivity index (χ0) is 42.2. The molecule has 0 unspecified atom stereocenters. The fourth-order valence-electron chi connectivity index (χ4n) is 11.7. The monoisotopic (exact) mass is 773 g/mol. The van der Waals surface area contributed by atoms with Crippen molar-refractivity contribution in [3.8, 4) is 0 Å². The Bertz CT molecular complexity index is 1690. The van der Waals surface area contributed by atoms with Crippen molar-refractivity contribution in [2.45, 2.75) is 173 Å². The first-order valence-electron chi connectivity index (χ1n) is 21.7. The van der Waals surface area contributed by atoms with Gasteiger partial charge in [-0.15, -0.1) is 0 Å². The molecule has 0 amide bonds. The largest absolute Gasteiger partial charge is 0.298 e. The number of Topliss-reactive ketones (excluding diaryl/α,β-unsaturated/α-hetero) is 4. The van der Waals surface area contributed by atoms with Gasteiger partial charge in [0, 0.05) is 5.92 Å². The molecule has 1 N–H and O–H groups in total. The van der Waals surface area contributed by atoms with Gasteiger partial charge in [-0.25, -0.2) is 4.89 Å². The standard InChI is InChI=1S/C50H76O6/c1-31(2)16-15-24-46(13)38(19-17-32(3)4)30-49(27-22-34(7)8)43(52)48(26-21-33(5)6,44(53)50(46,45(49)54)42(51)36(11)12)29-37-18-20-41-40(28-37)39(35(9)10)23-25-47(41,14)56-55/h16-17,21-22,28,35-36,38-41,55H,15,18-20,23-27,29-30H2,1-14H3/t38-,39+,40+,41-,46+,47+,48+,49+,50-/m0/s1. The van der Waals surface area contributed by atoms with Gasteiger partial charge in [0.2, 0.25) is 0 Å². The van der Waals surface area contributed by atoms with Gasteiger partial charge in [0.15, 0.2) is 28.5 Å². The number of carbonyl (C=O) groups is 4. The van der Waals surface area contributed by atoms with Gasteiger partial charge in [-0.2, -0.15) is 0 Å². The van der Waals surface area contributed by atoms with Crippen LogP contribution in [0.5, 0.6) is 0 Å². The van der Waals surface area contributed by atoms with Crippen molar-refractivity contribution in [2.75, 3.05) is 0 Å². The van der Waals surface area contributed by atoms with Crippen LogP contribution in [0.25, 0.3) is 0 Å². The fourth-order valence-corrected chi connectivity index (χ4v) is 11.7. The highest BCUT2D eigenvalue weighted by atomic mass is 17.1. The first kappa shape index (κ1) is 46.0. The molecule has 4 rings (SSSR count). The normalized spacial score (nSPS) is 35.4. The molecular weight excluding hydrogens is 697 g/mol. The van der Waals surface area contributed by atoms with Gasteiger partial charge in [0.25, 0.3) is 0 Å². The Morgan fingerprint density at radius 1 is 0.821 bits per heavy atom. The average molecular weight is 773 g/mol.